The molecule has 0 bridgehead atoms. The monoisotopic (exact) mass is 479 g/mol. The van der Waals surface area contributed by atoms with Crippen molar-refractivity contribution in [3.05, 3.63) is 78.4 Å². The van der Waals surface area contributed by atoms with E-state index in [0.29, 0.717) is 12.2 Å². The van der Waals surface area contributed by atoms with Crippen LogP contribution < -0.4 is 14.8 Å². The first kappa shape index (κ1) is 22.0. The van der Waals surface area contributed by atoms with E-state index in [1.54, 1.807) is 23.6 Å². The van der Waals surface area contributed by atoms with Crippen LogP contribution in [0.5, 0.6) is 11.5 Å². The van der Waals surface area contributed by atoms with Gasteiger partial charge in [-0.05, 0) is 68.0 Å². The number of aryl methyl sites for hydroxylation is 1. The van der Waals surface area contributed by atoms with Crippen LogP contribution in [0.25, 0.3) is 17.1 Å². The SMILES string of the molecule is Cc1cc(Nc2ncnc3ccc(OC4=CC=NC(C)C4)cc23)ccc1OC1C=Cn2ncnc2C1. The van der Waals surface area contributed by atoms with E-state index in [1.165, 1.54) is 0 Å². The Morgan fingerprint density at radius 2 is 1.97 bits per heavy atom. The fourth-order valence-electron chi connectivity index (χ4n) is 4.32. The molecule has 0 saturated heterocycles. The van der Waals surface area contributed by atoms with E-state index in [4.69, 9.17) is 9.47 Å². The maximum absolute atomic E-state index is 6.23. The lowest BCUT2D eigenvalue weighted by molar-refractivity contribution is 0.242. The largest absolute Gasteiger partial charge is 0.486 e. The Morgan fingerprint density at radius 3 is 2.86 bits per heavy atom. The number of rotatable bonds is 6. The van der Waals surface area contributed by atoms with E-state index < -0.39 is 0 Å². The minimum absolute atomic E-state index is 0.0861. The van der Waals surface area contributed by atoms with E-state index in [-0.39, 0.29) is 12.1 Å². The number of anilines is 2. The van der Waals surface area contributed by atoms with E-state index in [1.807, 2.05) is 61.7 Å². The quantitative estimate of drug-likeness (QED) is 0.421. The summed E-state index contributed by atoms with van der Waals surface area (Å²) in [6.45, 7) is 4.10. The highest BCUT2D eigenvalue weighted by molar-refractivity contribution is 5.91. The molecule has 9 nitrogen and oxygen atoms in total. The highest BCUT2D eigenvalue weighted by Gasteiger charge is 2.18. The molecular weight excluding hydrogens is 454 g/mol. The van der Waals surface area contributed by atoms with Crippen LogP contribution in [-0.4, -0.2) is 43.1 Å². The van der Waals surface area contributed by atoms with Gasteiger partial charge in [0.05, 0.1) is 11.6 Å². The van der Waals surface area contributed by atoms with E-state index in [2.05, 4.69) is 37.3 Å². The van der Waals surface area contributed by atoms with E-state index in [0.717, 1.165) is 51.7 Å². The first-order valence-electron chi connectivity index (χ1n) is 11.9. The van der Waals surface area contributed by atoms with Gasteiger partial charge in [0.25, 0.3) is 0 Å². The second-order valence-electron chi connectivity index (χ2n) is 8.92. The summed E-state index contributed by atoms with van der Waals surface area (Å²) in [5.74, 6) is 4.05. The number of nitrogens with zero attached hydrogens (tertiary/aromatic N) is 6. The second-order valence-corrected chi connectivity index (χ2v) is 8.92. The summed E-state index contributed by atoms with van der Waals surface area (Å²) >= 11 is 0. The van der Waals surface area contributed by atoms with Crippen LogP contribution in [0.2, 0.25) is 0 Å². The summed E-state index contributed by atoms with van der Waals surface area (Å²) in [5, 5.41) is 8.46. The number of ether oxygens (including phenoxy) is 2. The highest BCUT2D eigenvalue weighted by Crippen LogP contribution is 2.31. The van der Waals surface area contributed by atoms with Crippen LogP contribution >= 0.6 is 0 Å². The number of fused-ring (bicyclic) bond motifs is 2. The van der Waals surface area contributed by atoms with Gasteiger partial charge in [0.1, 0.15) is 47.7 Å². The van der Waals surface area contributed by atoms with Crippen molar-refractivity contribution in [3.8, 4) is 11.5 Å². The fourth-order valence-corrected chi connectivity index (χ4v) is 4.32. The third-order valence-corrected chi connectivity index (χ3v) is 6.14. The van der Waals surface area contributed by atoms with Crippen molar-refractivity contribution in [1.29, 1.82) is 0 Å². The molecular formula is C27H25N7O2. The van der Waals surface area contributed by atoms with Gasteiger partial charge in [-0.25, -0.2) is 19.6 Å². The van der Waals surface area contributed by atoms with Gasteiger partial charge < -0.3 is 14.8 Å². The lowest BCUT2D eigenvalue weighted by atomic mass is 10.1. The van der Waals surface area contributed by atoms with Crippen molar-refractivity contribution >= 4 is 34.8 Å². The van der Waals surface area contributed by atoms with Crippen LogP contribution in [0.3, 0.4) is 0 Å². The summed E-state index contributed by atoms with van der Waals surface area (Å²) in [6, 6.07) is 12.1. The zero-order chi connectivity index (χ0) is 24.5. The molecule has 4 heterocycles. The van der Waals surface area contributed by atoms with Gasteiger partial charge in [-0.3, -0.25) is 4.99 Å². The van der Waals surface area contributed by atoms with Crippen molar-refractivity contribution in [2.45, 2.75) is 38.8 Å². The minimum Gasteiger partial charge on any atom is -0.486 e. The molecule has 9 heteroatoms. The molecule has 2 aliphatic rings. The summed E-state index contributed by atoms with van der Waals surface area (Å²) in [7, 11) is 0. The Bertz CT molecular complexity index is 1520. The summed E-state index contributed by atoms with van der Waals surface area (Å²) < 4.78 is 14.1. The second kappa shape index (κ2) is 9.26. The average molecular weight is 480 g/mol. The molecule has 2 atom stereocenters. The van der Waals surface area contributed by atoms with Crippen LogP contribution in [-0.2, 0) is 6.42 Å². The summed E-state index contributed by atoms with van der Waals surface area (Å²) in [6.07, 6.45) is 12.1. The highest BCUT2D eigenvalue weighted by atomic mass is 16.5. The third kappa shape index (κ3) is 4.55. The summed E-state index contributed by atoms with van der Waals surface area (Å²) in [5.41, 5.74) is 2.76. The minimum atomic E-state index is -0.0861. The Balaban J connectivity index is 1.20. The Hall–Kier alpha value is -4.53. The van der Waals surface area contributed by atoms with Crippen molar-refractivity contribution in [2.75, 3.05) is 5.32 Å². The topological polar surface area (TPSA) is 99.3 Å². The van der Waals surface area contributed by atoms with Crippen LogP contribution in [0, 0.1) is 6.92 Å². The van der Waals surface area contributed by atoms with Crippen molar-refractivity contribution in [1.82, 2.24) is 24.7 Å². The standard InChI is InChI=1S/C27H25N7O2/c1-17-11-19(3-6-25(17)36-22-8-10-34-26(14-22)30-16-32-34)33-27-23-13-20(4-5-24(23)29-15-31-27)35-21-7-9-28-18(2)12-21/h3-11,13,15-16,18,22H,12,14H2,1-2H3,(H,29,31,33). The smallest absolute Gasteiger partial charge is 0.141 e. The van der Waals surface area contributed by atoms with Gasteiger partial charge in [0.2, 0.25) is 0 Å². The van der Waals surface area contributed by atoms with Crippen LogP contribution in [0.15, 0.2) is 72.0 Å². The van der Waals surface area contributed by atoms with Gasteiger partial charge in [-0.15, -0.1) is 0 Å². The summed E-state index contributed by atoms with van der Waals surface area (Å²) in [4.78, 5) is 17.5. The molecule has 0 saturated carbocycles. The Morgan fingerprint density at radius 1 is 1.03 bits per heavy atom. The lowest BCUT2D eigenvalue weighted by Crippen LogP contribution is -2.23. The molecule has 2 unspecified atom stereocenters. The molecule has 0 radical (unpaired) electrons. The van der Waals surface area contributed by atoms with Crippen molar-refractivity contribution in [2.24, 2.45) is 4.99 Å². The maximum atomic E-state index is 6.23. The molecule has 0 aliphatic carbocycles. The van der Waals surface area contributed by atoms with Gasteiger partial charge in [0.15, 0.2) is 0 Å². The maximum Gasteiger partial charge on any atom is 0.141 e. The van der Waals surface area contributed by atoms with Crippen molar-refractivity contribution in [3.63, 3.8) is 0 Å². The van der Waals surface area contributed by atoms with Gasteiger partial charge >= 0.3 is 0 Å². The molecule has 180 valence electrons. The number of nitrogens with one attached hydrogen (secondary N) is 1. The van der Waals surface area contributed by atoms with Gasteiger partial charge in [-0.2, -0.15) is 5.10 Å². The Labute approximate surface area is 208 Å². The normalized spacial score (nSPS) is 18.6. The van der Waals surface area contributed by atoms with E-state index in [9.17, 15) is 0 Å². The fraction of sp³-hybridized carbons (Fsp3) is 0.222. The molecule has 0 amide bonds. The zero-order valence-electron chi connectivity index (χ0n) is 20.0. The lowest BCUT2D eigenvalue weighted by Gasteiger charge is -2.20. The number of hydrogen-bond acceptors (Lipinski definition) is 8. The van der Waals surface area contributed by atoms with Gasteiger partial charge in [-0.1, -0.05) is 0 Å². The molecule has 2 aromatic heterocycles. The molecule has 2 aromatic carbocycles. The Kier molecular flexibility index (Phi) is 5.65. The molecule has 0 fully saturated rings. The molecule has 2 aliphatic heterocycles. The van der Waals surface area contributed by atoms with Crippen LogP contribution in [0.1, 0.15) is 24.7 Å². The number of aliphatic imine (C=N–C) groups is 1. The molecule has 0 spiro atoms. The van der Waals surface area contributed by atoms with Crippen LogP contribution in [0.4, 0.5) is 11.5 Å². The van der Waals surface area contributed by atoms with Crippen molar-refractivity contribution < 1.29 is 9.47 Å². The molecule has 36 heavy (non-hydrogen) atoms. The van der Waals surface area contributed by atoms with E-state index >= 15 is 0 Å². The first-order chi connectivity index (χ1) is 17.6. The first-order valence-corrected chi connectivity index (χ1v) is 11.9. The van der Waals surface area contributed by atoms with Gasteiger partial charge in [0, 0.05) is 36.3 Å². The zero-order valence-corrected chi connectivity index (χ0v) is 20.0. The molecule has 4 aromatic rings. The predicted molar refractivity (Wildman–Crippen MR) is 139 cm³/mol. The predicted octanol–water partition coefficient (Wildman–Crippen LogP) is 4.87. The third-order valence-electron chi connectivity index (χ3n) is 6.14. The average Bonchev–Trinajstić information content (AvgIpc) is 3.34. The number of aromatic nitrogens is 5. The molecule has 1 N–H and O–H groups in total. The number of benzene rings is 2. The molecule has 6 rings (SSSR count). The number of allylic oxidation sites excluding steroid dienone is 1. The number of hydrogen-bond donors (Lipinski definition) is 1. The number of dihydropyridines is 1.